The largest absolute Gasteiger partial charge is 0.352 e. The van der Waals surface area contributed by atoms with Gasteiger partial charge in [0, 0.05) is 45.1 Å². The molecule has 0 aliphatic carbocycles. The number of likely N-dealkylation sites (N-methyl/N-ethyl adjacent to an activating group) is 1. The van der Waals surface area contributed by atoms with Crippen molar-refractivity contribution in [2.45, 2.75) is 13.3 Å². The fraction of sp³-hybridized carbons (Fsp3) is 0.500. The third-order valence-electron chi connectivity index (χ3n) is 4.71. The second-order valence-corrected chi connectivity index (χ2v) is 6.29. The van der Waals surface area contributed by atoms with Crippen molar-refractivity contribution in [2.24, 2.45) is 0 Å². The number of carbonyl (C=O) groups excluding carboxylic acids is 1. The lowest BCUT2D eigenvalue weighted by molar-refractivity contribution is 0.0946. The fourth-order valence-corrected chi connectivity index (χ4v) is 3.11. The number of hydrogen-bond donors (Lipinski definition) is 1. The Bertz CT molecular complexity index is 780. The topological polar surface area (TPSA) is 69.9 Å². The van der Waals surface area contributed by atoms with Crippen molar-refractivity contribution >= 4 is 11.6 Å². The molecular formula is C18H25N5O2. The summed E-state index contributed by atoms with van der Waals surface area (Å²) < 4.78 is 1.39. The van der Waals surface area contributed by atoms with Crippen LogP contribution in [0.3, 0.4) is 0 Å². The van der Waals surface area contributed by atoms with Crippen molar-refractivity contribution in [1.29, 1.82) is 0 Å². The Kier molecular flexibility index (Phi) is 5.78. The fourth-order valence-electron chi connectivity index (χ4n) is 3.11. The van der Waals surface area contributed by atoms with Gasteiger partial charge < -0.3 is 15.1 Å². The first-order valence-electron chi connectivity index (χ1n) is 8.88. The van der Waals surface area contributed by atoms with E-state index in [1.165, 1.54) is 10.6 Å². The summed E-state index contributed by atoms with van der Waals surface area (Å²) in [7, 11) is 0. The van der Waals surface area contributed by atoms with Gasteiger partial charge in [-0.2, -0.15) is 0 Å². The molecule has 7 heteroatoms. The summed E-state index contributed by atoms with van der Waals surface area (Å²) in [5.74, 6) is -0.355. The maximum absolute atomic E-state index is 12.4. The Morgan fingerprint density at radius 1 is 1.20 bits per heavy atom. The van der Waals surface area contributed by atoms with Gasteiger partial charge in [-0.25, -0.2) is 4.98 Å². The number of piperazine rings is 1. The molecule has 2 aromatic rings. The number of rotatable bonds is 6. The van der Waals surface area contributed by atoms with E-state index in [2.05, 4.69) is 27.0 Å². The minimum Gasteiger partial charge on any atom is -0.352 e. The minimum absolute atomic E-state index is 0.0836. The second kappa shape index (κ2) is 8.22. The Hall–Kier alpha value is -2.25. The minimum atomic E-state index is -0.355. The van der Waals surface area contributed by atoms with Crippen molar-refractivity contribution in [3.63, 3.8) is 0 Å². The first kappa shape index (κ1) is 17.6. The van der Waals surface area contributed by atoms with Crippen molar-refractivity contribution in [3.05, 3.63) is 46.5 Å². The van der Waals surface area contributed by atoms with Gasteiger partial charge in [-0.15, -0.1) is 0 Å². The molecule has 1 amide bonds. The van der Waals surface area contributed by atoms with Gasteiger partial charge in [0.2, 0.25) is 0 Å². The maximum atomic E-state index is 12.4. The van der Waals surface area contributed by atoms with E-state index >= 15 is 0 Å². The predicted octanol–water partition coefficient (Wildman–Crippen LogP) is 0.452. The number of amides is 1. The summed E-state index contributed by atoms with van der Waals surface area (Å²) in [6, 6.07) is 5.29. The van der Waals surface area contributed by atoms with E-state index in [9.17, 15) is 9.59 Å². The third-order valence-corrected chi connectivity index (χ3v) is 4.71. The molecule has 2 aromatic heterocycles. The van der Waals surface area contributed by atoms with Crippen LogP contribution in [0.4, 0.5) is 0 Å². The van der Waals surface area contributed by atoms with Gasteiger partial charge in [-0.05, 0) is 31.6 Å². The van der Waals surface area contributed by atoms with Gasteiger partial charge in [0.05, 0.1) is 0 Å². The quantitative estimate of drug-likeness (QED) is 0.772. The number of nitrogens with one attached hydrogen (secondary N) is 1. The lowest BCUT2D eigenvalue weighted by Crippen LogP contribution is -2.46. The normalized spacial score (nSPS) is 16.2. The van der Waals surface area contributed by atoms with Crippen molar-refractivity contribution < 1.29 is 4.79 Å². The average molecular weight is 343 g/mol. The summed E-state index contributed by atoms with van der Waals surface area (Å²) in [5, 5.41) is 2.83. The lowest BCUT2D eigenvalue weighted by atomic mass is 10.2. The van der Waals surface area contributed by atoms with Crippen molar-refractivity contribution in [1.82, 2.24) is 24.5 Å². The maximum Gasteiger partial charge on any atom is 0.270 e. The van der Waals surface area contributed by atoms with E-state index in [1.807, 2.05) is 6.07 Å². The number of pyridine rings is 1. The smallest absolute Gasteiger partial charge is 0.270 e. The van der Waals surface area contributed by atoms with E-state index in [4.69, 9.17) is 0 Å². The standard InChI is InChI=1S/C18H25N5O2/c1-2-21-10-12-22(13-11-21)8-5-7-19-17(24)15-14-20-16-6-3-4-9-23(16)18(15)25/h3-4,6,9,14H,2,5,7-8,10-13H2,1H3,(H,19,24). The zero-order valence-corrected chi connectivity index (χ0v) is 14.6. The first-order valence-corrected chi connectivity index (χ1v) is 8.88. The van der Waals surface area contributed by atoms with Crippen LogP contribution in [0.1, 0.15) is 23.7 Å². The van der Waals surface area contributed by atoms with Gasteiger partial charge in [-0.1, -0.05) is 13.0 Å². The van der Waals surface area contributed by atoms with Crippen LogP contribution >= 0.6 is 0 Å². The molecule has 1 saturated heterocycles. The van der Waals surface area contributed by atoms with Crippen LogP contribution in [0.5, 0.6) is 0 Å². The van der Waals surface area contributed by atoms with Crippen molar-refractivity contribution in [3.8, 4) is 0 Å². The molecule has 0 atom stereocenters. The summed E-state index contributed by atoms with van der Waals surface area (Å²) in [5.41, 5.74) is 0.286. The number of fused-ring (bicyclic) bond motifs is 1. The summed E-state index contributed by atoms with van der Waals surface area (Å²) in [6.07, 6.45) is 3.86. The van der Waals surface area contributed by atoms with Crippen LogP contribution in [0.25, 0.3) is 5.65 Å². The second-order valence-electron chi connectivity index (χ2n) is 6.29. The summed E-state index contributed by atoms with van der Waals surface area (Å²) in [6.45, 7) is 9.21. The Morgan fingerprint density at radius 2 is 1.96 bits per heavy atom. The number of hydrogen-bond acceptors (Lipinski definition) is 5. The van der Waals surface area contributed by atoms with Crippen LogP contribution in [-0.2, 0) is 0 Å². The molecule has 0 spiro atoms. The highest BCUT2D eigenvalue weighted by molar-refractivity contribution is 5.93. The van der Waals surface area contributed by atoms with Gasteiger partial charge >= 0.3 is 0 Å². The van der Waals surface area contributed by atoms with E-state index in [-0.39, 0.29) is 17.0 Å². The van der Waals surface area contributed by atoms with Gasteiger partial charge in [-0.3, -0.25) is 14.0 Å². The van der Waals surface area contributed by atoms with E-state index < -0.39 is 0 Å². The Morgan fingerprint density at radius 3 is 2.72 bits per heavy atom. The SMILES string of the molecule is CCN1CCN(CCCNC(=O)c2cnc3ccccn3c2=O)CC1. The zero-order chi connectivity index (χ0) is 17.6. The predicted molar refractivity (Wildman–Crippen MR) is 97.0 cm³/mol. The molecule has 0 unspecified atom stereocenters. The van der Waals surface area contributed by atoms with E-state index in [0.717, 1.165) is 45.7 Å². The molecule has 7 nitrogen and oxygen atoms in total. The number of aromatic nitrogens is 2. The molecule has 0 bridgehead atoms. The monoisotopic (exact) mass is 343 g/mol. The molecule has 1 N–H and O–H groups in total. The molecule has 1 aliphatic rings. The van der Waals surface area contributed by atoms with E-state index in [1.54, 1.807) is 18.3 Å². The molecule has 3 heterocycles. The molecule has 134 valence electrons. The highest BCUT2D eigenvalue weighted by Gasteiger charge is 2.15. The summed E-state index contributed by atoms with van der Waals surface area (Å²) in [4.78, 5) is 33.6. The van der Waals surface area contributed by atoms with Gasteiger partial charge in [0.15, 0.2) is 0 Å². The van der Waals surface area contributed by atoms with Crippen LogP contribution in [0.2, 0.25) is 0 Å². The average Bonchev–Trinajstić information content (AvgIpc) is 2.66. The van der Waals surface area contributed by atoms with E-state index in [0.29, 0.717) is 12.2 Å². The van der Waals surface area contributed by atoms with Gasteiger partial charge in [0.25, 0.3) is 11.5 Å². The highest BCUT2D eigenvalue weighted by Crippen LogP contribution is 2.02. The third kappa shape index (κ3) is 4.24. The molecule has 0 saturated carbocycles. The molecule has 3 rings (SSSR count). The van der Waals surface area contributed by atoms with Crippen LogP contribution in [-0.4, -0.2) is 70.9 Å². The highest BCUT2D eigenvalue weighted by atomic mass is 16.2. The molecule has 1 aliphatic heterocycles. The van der Waals surface area contributed by atoms with Crippen LogP contribution < -0.4 is 10.9 Å². The molecular weight excluding hydrogens is 318 g/mol. The lowest BCUT2D eigenvalue weighted by Gasteiger charge is -2.33. The molecule has 25 heavy (non-hydrogen) atoms. The number of nitrogens with zero attached hydrogens (tertiary/aromatic N) is 4. The van der Waals surface area contributed by atoms with Crippen molar-refractivity contribution in [2.75, 3.05) is 45.8 Å². The van der Waals surface area contributed by atoms with Gasteiger partial charge in [0.1, 0.15) is 11.2 Å². The molecule has 0 aromatic carbocycles. The summed E-state index contributed by atoms with van der Waals surface area (Å²) >= 11 is 0. The first-order chi connectivity index (χ1) is 12.2. The zero-order valence-electron chi connectivity index (χ0n) is 14.6. The van der Waals surface area contributed by atoms with Crippen LogP contribution in [0, 0.1) is 0 Å². The Labute approximate surface area is 147 Å². The Balaban J connectivity index is 1.49. The molecule has 1 fully saturated rings. The molecule has 0 radical (unpaired) electrons. The van der Waals surface area contributed by atoms with Crippen LogP contribution in [0.15, 0.2) is 35.4 Å². The number of carbonyl (C=O) groups is 1.